The predicted octanol–water partition coefficient (Wildman–Crippen LogP) is 0.842. The van der Waals surface area contributed by atoms with E-state index >= 15 is 0 Å². The summed E-state index contributed by atoms with van der Waals surface area (Å²) in [5.74, 6) is 1.43. The number of rotatable bonds is 3. The molecule has 0 saturated heterocycles. The largest absolute Gasteiger partial charge is 0.454 e. The summed E-state index contributed by atoms with van der Waals surface area (Å²) in [6, 6.07) is 5.49. The maximum Gasteiger partial charge on any atom is 0.231 e. The number of hydrogen-bond donors (Lipinski definition) is 2. The average Bonchev–Trinajstić information content (AvgIpc) is 2.63. The van der Waals surface area contributed by atoms with Gasteiger partial charge in [0.1, 0.15) is 0 Å². The van der Waals surface area contributed by atoms with Crippen molar-refractivity contribution in [2.75, 3.05) is 20.4 Å². The molecule has 4 heteroatoms. The molecule has 0 aliphatic carbocycles. The average molecular weight is 209 g/mol. The highest BCUT2D eigenvalue weighted by atomic mass is 16.7. The first-order valence-corrected chi connectivity index (χ1v) is 4.90. The summed E-state index contributed by atoms with van der Waals surface area (Å²) in [5, 5.41) is 13.1. The number of fused-ring (bicyclic) bond motifs is 1. The van der Waals surface area contributed by atoms with Gasteiger partial charge in [0.05, 0.1) is 5.60 Å². The van der Waals surface area contributed by atoms with E-state index in [0.29, 0.717) is 12.3 Å². The van der Waals surface area contributed by atoms with Gasteiger partial charge >= 0.3 is 0 Å². The highest BCUT2D eigenvalue weighted by Crippen LogP contribution is 2.35. The zero-order valence-corrected chi connectivity index (χ0v) is 8.91. The summed E-state index contributed by atoms with van der Waals surface area (Å²) in [7, 11) is 1.81. The van der Waals surface area contributed by atoms with E-state index in [-0.39, 0.29) is 6.79 Å². The molecule has 1 unspecified atom stereocenters. The molecule has 4 nitrogen and oxygen atoms in total. The molecule has 1 aromatic rings. The van der Waals surface area contributed by atoms with Gasteiger partial charge in [-0.05, 0) is 31.7 Å². The minimum Gasteiger partial charge on any atom is -0.454 e. The zero-order chi connectivity index (χ0) is 10.9. The van der Waals surface area contributed by atoms with Crippen molar-refractivity contribution < 1.29 is 14.6 Å². The molecule has 0 saturated carbocycles. The zero-order valence-electron chi connectivity index (χ0n) is 8.91. The van der Waals surface area contributed by atoms with Crippen LogP contribution in [0.3, 0.4) is 0 Å². The molecule has 0 spiro atoms. The first kappa shape index (κ1) is 10.3. The highest BCUT2D eigenvalue weighted by molar-refractivity contribution is 5.45. The van der Waals surface area contributed by atoms with Gasteiger partial charge in [0.25, 0.3) is 0 Å². The Morgan fingerprint density at radius 2 is 2.13 bits per heavy atom. The van der Waals surface area contributed by atoms with Crippen molar-refractivity contribution in [1.29, 1.82) is 0 Å². The van der Waals surface area contributed by atoms with E-state index in [0.717, 1.165) is 11.3 Å². The lowest BCUT2D eigenvalue weighted by atomic mass is 9.95. The summed E-state index contributed by atoms with van der Waals surface area (Å²) in [4.78, 5) is 0. The molecule has 1 aliphatic heterocycles. The van der Waals surface area contributed by atoms with Crippen molar-refractivity contribution in [2.45, 2.75) is 12.5 Å². The van der Waals surface area contributed by atoms with Crippen molar-refractivity contribution >= 4 is 0 Å². The van der Waals surface area contributed by atoms with Crippen molar-refractivity contribution in [2.24, 2.45) is 0 Å². The number of ether oxygens (including phenoxy) is 2. The monoisotopic (exact) mass is 209 g/mol. The molecule has 15 heavy (non-hydrogen) atoms. The lowest BCUT2D eigenvalue weighted by Crippen LogP contribution is -2.33. The van der Waals surface area contributed by atoms with Gasteiger partial charge in [0.15, 0.2) is 11.5 Å². The van der Waals surface area contributed by atoms with Crippen molar-refractivity contribution in [1.82, 2.24) is 5.32 Å². The molecule has 1 aromatic carbocycles. The second-order valence-corrected chi connectivity index (χ2v) is 3.87. The standard InChI is InChI=1S/C11H15NO3/c1-11(13,6-12-2)8-3-4-9-10(5-8)15-7-14-9/h3-5,12-13H,6-7H2,1-2H3. The van der Waals surface area contributed by atoms with E-state index in [2.05, 4.69) is 5.32 Å². The summed E-state index contributed by atoms with van der Waals surface area (Å²) < 4.78 is 10.5. The fourth-order valence-electron chi connectivity index (χ4n) is 1.68. The van der Waals surface area contributed by atoms with E-state index in [9.17, 15) is 5.11 Å². The Bertz CT molecular complexity index is 363. The molecule has 0 bridgehead atoms. The third-order valence-electron chi connectivity index (χ3n) is 2.52. The topological polar surface area (TPSA) is 50.7 Å². The Kier molecular flexibility index (Phi) is 2.54. The normalized spacial score (nSPS) is 17.5. The van der Waals surface area contributed by atoms with Crippen LogP contribution in [0.1, 0.15) is 12.5 Å². The minimum absolute atomic E-state index is 0.257. The molecule has 0 fully saturated rings. The van der Waals surface area contributed by atoms with Crippen molar-refractivity contribution in [3.05, 3.63) is 23.8 Å². The van der Waals surface area contributed by atoms with E-state index in [1.54, 1.807) is 14.0 Å². The van der Waals surface area contributed by atoms with Crippen LogP contribution < -0.4 is 14.8 Å². The molecule has 1 atom stereocenters. The van der Waals surface area contributed by atoms with Gasteiger partial charge in [-0.2, -0.15) is 0 Å². The Balaban J connectivity index is 2.29. The molecule has 1 heterocycles. The molecular formula is C11H15NO3. The van der Waals surface area contributed by atoms with Gasteiger partial charge in [-0.1, -0.05) is 6.07 Å². The lowest BCUT2D eigenvalue weighted by molar-refractivity contribution is 0.0589. The van der Waals surface area contributed by atoms with Gasteiger partial charge in [-0.25, -0.2) is 0 Å². The third-order valence-corrected chi connectivity index (χ3v) is 2.52. The molecule has 82 valence electrons. The van der Waals surface area contributed by atoms with Crippen LogP contribution in [0.25, 0.3) is 0 Å². The molecule has 0 amide bonds. The lowest BCUT2D eigenvalue weighted by Gasteiger charge is -2.23. The fourth-order valence-corrected chi connectivity index (χ4v) is 1.68. The second kappa shape index (κ2) is 3.72. The van der Waals surface area contributed by atoms with Crippen LogP contribution in [-0.2, 0) is 5.60 Å². The number of hydrogen-bond acceptors (Lipinski definition) is 4. The summed E-state index contributed by atoms with van der Waals surface area (Å²) >= 11 is 0. The fraction of sp³-hybridized carbons (Fsp3) is 0.455. The molecule has 1 aliphatic rings. The van der Waals surface area contributed by atoms with Gasteiger partial charge < -0.3 is 19.9 Å². The Hall–Kier alpha value is -1.26. The van der Waals surface area contributed by atoms with Crippen LogP contribution in [0.4, 0.5) is 0 Å². The molecule has 2 rings (SSSR count). The first-order valence-electron chi connectivity index (χ1n) is 4.90. The third kappa shape index (κ3) is 1.91. The number of likely N-dealkylation sites (N-methyl/N-ethyl adjacent to an activating group) is 1. The van der Waals surface area contributed by atoms with Crippen molar-refractivity contribution in [3.63, 3.8) is 0 Å². The number of benzene rings is 1. The summed E-state index contributed by atoms with van der Waals surface area (Å²) in [6.07, 6.45) is 0. The van der Waals surface area contributed by atoms with E-state index in [1.165, 1.54) is 0 Å². The Morgan fingerprint density at radius 1 is 1.40 bits per heavy atom. The van der Waals surface area contributed by atoms with Gasteiger partial charge in [0, 0.05) is 6.54 Å². The summed E-state index contributed by atoms with van der Waals surface area (Å²) in [5.41, 5.74) is -0.0727. The summed E-state index contributed by atoms with van der Waals surface area (Å²) in [6.45, 7) is 2.51. The van der Waals surface area contributed by atoms with Gasteiger partial charge in [-0.15, -0.1) is 0 Å². The van der Waals surface area contributed by atoms with E-state index < -0.39 is 5.60 Å². The molecule has 0 radical (unpaired) electrons. The van der Waals surface area contributed by atoms with E-state index in [1.807, 2.05) is 18.2 Å². The van der Waals surface area contributed by atoms with Crippen LogP contribution in [0.2, 0.25) is 0 Å². The number of nitrogens with one attached hydrogen (secondary N) is 1. The maximum absolute atomic E-state index is 10.2. The quantitative estimate of drug-likeness (QED) is 0.774. The van der Waals surface area contributed by atoms with Crippen LogP contribution >= 0.6 is 0 Å². The SMILES string of the molecule is CNCC(C)(O)c1ccc2c(c1)OCO2. The van der Waals surface area contributed by atoms with Crippen molar-refractivity contribution in [3.8, 4) is 11.5 Å². The van der Waals surface area contributed by atoms with Crippen LogP contribution in [0, 0.1) is 0 Å². The van der Waals surface area contributed by atoms with Crippen LogP contribution in [0.5, 0.6) is 11.5 Å². The highest BCUT2D eigenvalue weighted by Gasteiger charge is 2.24. The van der Waals surface area contributed by atoms with Crippen LogP contribution in [0.15, 0.2) is 18.2 Å². The molecular weight excluding hydrogens is 194 g/mol. The van der Waals surface area contributed by atoms with Gasteiger partial charge in [-0.3, -0.25) is 0 Å². The smallest absolute Gasteiger partial charge is 0.231 e. The van der Waals surface area contributed by atoms with Crippen LogP contribution in [-0.4, -0.2) is 25.5 Å². The van der Waals surface area contributed by atoms with E-state index in [4.69, 9.17) is 9.47 Å². The van der Waals surface area contributed by atoms with Gasteiger partial charge in [0.2, 0.25) is 6.79 Å². The second-order valence-electron chi connectivity index (χ2n) is 3.87. The Labute approximate surface area is 88.8 Å². The predicted molar refractivity (Wildman–Crippen MR) is 56.1 cm³/mol. The minimum atomic E-state index is -0.893. The number of aliphatic hydroxyl groups is 1. The maximum atomic E-state index is 10.2. The molecule has 2 N–H and O–H groups in total. The molecule has 0 aromatic heterocycles. The Morgan fingerprint density at radius 3 is 2.87 bits per heavy atom. The first-order chi connectivity index (χ1) is 7.13.